The van der Waals surface area contributed by atoms with Crippen LogP contribution >= 0.6 is 12.4 Å². The lowest BCUT2D eigenvalue weighted by atomic mass is 9.68. The van der Waals surface area contributed by atoms with Gasteiger partial charge in [0.1, 0.15) is 11.6 Å². The summed E-state index contributed by atoms with van der Waals surface area (Å²) in [6, 6.07) is 33.3. The molecule has 1 heterocycles. The molecule has 2 aliphatic rings. The van der Waals surface area contributed by atoms with Crippen molar-refractivity contribution >= 4 is 18.2 Å². The zero-order valence-electron chi connectivity index (χ0n) is 29.7. The molecule has 1 unspecified atom stereocenters. The van der Waals surface area contributed by atoms with Crippen LogP contribution in [-0.4, -0.2) is 38.0 Å². The molecule has 1 saturated carbocycles. The second kappa shape index (κ2) is 18.0. The van der Waals surface area contributed by atoms with Crippen molar-refractivity contribution in [3.63, 3.8) is 0 Å². The van der Waals surface area contributed by atoms with Gasteiger partial charge in [0, 0.05) is 30.8 Å². The number of methoxy groups -OCH3 is 2. The van der Waals surface area contributed by atoms with Gasteiger partial charge in [-0.3, -0.25) is 9.69 Å². The van der Waals surface area contributed by atoms with E-state index in [1.807, 2.05) is 0 Å². The predicted molar refractivity (Wildman–Crippen MR) is 203 cm³/mol. The van der Waals surface area contributed by atoms with Crippen LogP contribution < -0.4 is 9.47 Å². The second-order valence-electron chi connectivity index (χ2n) is 14.1. The van der Waals surface area contributed by atoms with E-state index in [9.17, 15) is 9.18 Å². The minimum Gasteiger partial charge on any atom is -0.493 e. The first-order chi connectivity index (χ1) is 24.0. The summed E-state index contributed by atoms with van der Waals surface area (Å²) < 4.78 is 24.8. The van der Waals surface area contributed by atoms with Crippen LogP contribution in [0.2, 0.25) is 0 Å². The Balaban J connectivity index is 0.00000486. The van der Waals surface area contributed by atoms with Gasteiger partial charge < -0.3 is 9.47 Å². The minimum absolute atomic E-state index is 0. The van der Waals surface area contributed by atoms with E-state index < -0.39 is 0 Å². The van der Waals surface area contributed by atoms with E-state index in [1.165, 1.54) is 60.1 Å². The van der Waals surface area contributed by atoms with E-state index in [1.54, 1.807) is 26.4 Å². The number of halogens is 2. The smallest absolute Gasteiger partial charge is 0.161 e. The first-order valence-electron chi connectivity index (χ1n) is 18.4. The quantitative estimate of drug-likeness (QED) is 0.117. The maximum absolute atomic E-state index is 13.4. The first kappa shape index (κ1) is 37.6. The lowest BCUT2D eigenvalue weighted by molar-refractivity contribution is -0.119. The Morgan fingerprint density at radius 3 is 2.02 bits per heavy atom. The standard InChI is InChI=1S/C44H52FNO3.ClH/c1-48-41-31-35-26-30-46(43(34-13-9-10-14-34)40(35)32-42(41)49-2)29-12-28-44(36-15-5-3-6-16-36,37-17-7-4-8-18-37)27-11-19-39(47)25-22-33-20-23-38(45)24-21-33;/h3-8,15-18,20-21,23-24,31-32,34,43H,9-14,19,22,25-30H2,1-2H3;1H. The van der Waals surface area contributed by atoms with E-state index in [0.717, 1.165) is 62.3 Å². The van der Waals surface area contributed by atoms with Crippen molar-refractivity contribution < 1.29 is 18.7 Å². The van der Waals surface area contributed by atoms with Crippen LogP contribution in [0, 0.1) is 11.7 Å². The molecule has 1 fully saturated rings. The van der Waals surface area contributed by atoms with E-state index in [2.05, 4.69) is 77.7 Å². The summed E-state index contributed by atoms with van der Waals surface area (Å²) >= 11 is 0. The number of aryl methyl sites for hydroxylation is 1. The highest BCUT2D eigenvalue weighted by Crippen LogP contribution is 2.47. The molecular weight excluding hydrogens is 645 g/mol. The Hall–Kier alpha value is -3.67. The number of carbonyl (C=O) groups is 1. The van der Waals surface area contributed by atoms with E-state index in [-0.39, 0.29) is 29.4 Å². The Morgan fingerprint density at radius 1 is 0.800 bits per heavy atom. The van der Waals surface area contributed by atoms with Crippen LogP contribution in [0.25, 0.3) is 0 Å². The number of Topliss-reactive ketones (excluding diaryl/α,β-unsaturated/α-hetero) is 1. The van der Waals surface area contributed by atoms with Crippen LogP contribution in [0.4, 0.5) is 4.39 Å². The van der Waals surface area contributed by atoms with Crippen molar-refractivity contribution in [3.05, 3.63) is 131 Å². The molecule has 6 heteroatoms. The molecule has 0 spiro atoms. The fourth-order valence-corrected chi connectivity index (χ4v) is 8.72. The summed E-state index contributed by atoms with van der Waals surface area (Å²) in [6.45, 7) is 2.09. The molecule has 4 aromatic carbocycles. The van der Waals surface area contributed by atoms with Gasteiger partial charge in [0.05, 0.1) is 14.2 Å². The third kappa shape index (κ3) is 8.79. The van der Waals surface area contributed by atoms with Crippen molar-refractivity contribution in [3.8, 4) is 11.5 Å². The Kier molecular flexibility index (Phi) is 13.5. The average molecular weight is 698 g/mol. The highest BCUT2D eigenvalue weighted by molar-refractivity contribution is 5.85. The molecule has 4 nitrogen and oxygen atoms in total. The number of benzene rings is 4. The van der Waals surface area contributed by atoms with Crippen LogP contribution in [-0.2, 0) is 23.1 Å². The number of nitrogens with zero attached hydrogens (tertiary/aromatic N) is 1. The molecule has 0 saturated heterocycles. The third-order valence-corrected chi connectivity index (χ3v) is 11.2. The van der Waals surface area contributed by atoms with Crippen molar-refractivity contribution in [2.45, 2.75) is 88.5 Å². The molecule has 1 aliphatic carbocycles. The van der Waals surface area contributed by atoms with E-state index >= 15 is 0 Å². The van der Waals surface area contributed by atoms with E-state index in [4.69, 9.17) is 9.47 Å². The van der Waals surface area contributed by atoms with Gasteiger partial charge in [-0.2, -0.15) is 0 Å². The van der Waals surface area contributed by atoms with Gasteiger partial charge in [0.2, 0.25) is 0 Å². The van der Waals surface area contributed by atoms with Crippen molar-refractivity contribution in [1.29, 1.82) is 0 Å². The largest absolute Gasteiger partial charge is 0.493 e. The normalized spacial score (nSPS) is 16.4. The van der Waals surface area contributed by atoms with Gasteiger partial charge in [-0.15, -0.1) is 12.4 Å². The fourth-order valence-electron chi connectivity index (χ4n) is 8.72. The lowest BCUT2D eigenvalue weighted by Crippen LogP contribution is -2.40. The maximum Gasteiger partial charge on any atom is 0.161 e. The number of hydrogen-bond donors (Lipinski definition) is 0. The second-order valence-corrected chi connectivity index (χ2v) is 14.1. The molecule has 0 aromatic heterocycles. The van der Waals surface area contributed by atoms with Crippen LogP contribution in [0.3, 0.4) is 0 Å². The molecule has 266 valence electrons. The molecule has 1 atom stereocenters. The van der Waals surface area contributed by atoms with Crippen molar-refractivity contribution in [2.75, 3.05) is 27.3 Å². The molecule has 0 radical (unpaired) electrons. The average Bonchev–Trinajstić information content (AvgIpc) is 3.68. The van der Waals surface area contributed by atoms with Crippen LogP contribution in [0.15, 0.2) is 97.1 Å². The molecule has 0 amide bonds. The van der Waals surface area contributed by atoms with Gasteiger partial charge in [0.25, 0.3) is 0 Å². The zero-order valence-corrected chi connectivity index (χ0v) is 30.6. The van der Waals surface area contributed by atoms with Crippen molar-refractivity contribution in [2.24, 2.45) is 5.92 Å². The maximum atomic E-state index is 13.4. The number of ketones is 1. The van der Waals surface area contributed by atoms with Gasteiger partial charge in [-0.25, -0.2) is 4.39 Å². The van der Waals surface area contributed by atoms with Crippen molar-refractivity contribution in [1.82, 2.24) is 4.90 Å². The summed E-state index contributed by atoms with van der Waals surface area (Å²) in [4.78, 5) is 15.9. The number of fused-ring (bicyclic) bond motifs is 1. The van der Waals surface area contributed by atoms with Gasteiger partial charge in [0.15, 0.2) is 11.5 Å². The summed E-state index contributed by atoms with van der Waals surface area (Å²) in [7, 11) is 3.46. The molecule has 0 N–H and O–H groups in total. The monoisotopic (exact) mass is 697 g/mol. The SMILES string of the molecule is COc1cc2c(cc1OC)C(C1CCCC1)N(CCCC(CCCC(=O)CCc1ccc(F)cc1)(c1ccccc1)c1ccccc1)CC2.Cl. The summed E-state index contributed by atoms with van der Waals surface area (Å²) in [5.41, 5.74) is 6.30. The summed E-state index contributed by atoms with van der Waals surface area (Å²) in [5.74, 6) is 2.34. The Labute approximate surface area is 304 Å². The molecule has 1 aliphatic heterocycles. The fraction of sp³-hybridized carbons (Fsp3) is 0.432. The van der Waals surface area contributed by atoms with Gasteiger partial charge in [-0.1, -0.05) is 85.6 Å². The van der Waals surface area contributed by atoms with Gasteiger partial charge in [-0.05, 0) is 116 Å². The number of ether oxygens (including phenoxy) is 2. The number of carbonyl (C=O) groups excluding carboxylic acids is 1. The first-order valence-corrected chi connectivity index (χ1v) is 18.4. The molecular formula is C44H53ClFNO3. The molecule has 50 heavy (non-hydrogen) atoms. The Morgan fingerprint density at radius 2 is 1.40 bits per heavy atom. The predicted octanol–water partition coefficient (Wildman–Crippen LogP) is 10.5. The van der Waals surface area contributed by atoms with Crippen LogP contribution in [0.1, 0.15) is 98.1 Å². The molecule has 0 bridgehead atoms. The van der Waals surface area contributed by atoms with E-state index in [0.29, 0.717) is 31.2 Å². The van der Waals surface area contributed by atoms with Crippen LogP contribution in [0.5, 0.6) is 11.5 Å². The lowest BCUT2D eigenvalue weighted by Gasteiger charge is -2.42. The minimum atomic E-state index is -0.242. The third-order valence-electron chi connectivity index (χ3n) is 11.2. The molecule has 6 rings (SSSR count). The van der Waals surface area contributed by atoms with Gasteiger partial charge >= 0.3 is 0 Å². The molecule has 4 aromatic rings. The summed E-state index contributed by atoms with van der Waals surface area (Å²) in [6.07, 6.45) is 11.7. The topological polar surface area (TPSA) is 38.8 Å². The number of hydrogen-bond acceptors (Lipinski definition) is 4. The zero-order chi connectivity index (χ0) is 34.1. The highest BCUT2D eigenvalue weighted by atomic mass is 35.5. The highest BCUT2D eigenvalue weighted by Gasteiger charge is 2.38. The Bertz CT molecular complexity index is 1600. The number of rotatable bonds is 16. The summed E-state index contributed by atoms with van der Waals surface area (Å²) in [5, 5.41) is 0.